The Morgan fingerprint density at radius 1 is 1.05 bits per heavy atom. The number of benzene rings is 2. The Bertz CT molecular complexity index is 596. The van der Waals surface area contributed by atoms with Crippen molar-refractivity contribution in [2.24, 2.45) is 0 Å². The second kappa shape index (κ2) is 6.48. The van der Waals surface area contributed by atoms with Crippen LogP contribution in [0.1, 0.15) is 32.4 Å². The van der Waals surface area contributed by atoms with E-state index in [0.717, 1.165) is 11.4 Å². The van der Waals surface area contributed by atoms with Gasteiger partial charge >= 0.3 is 0 Å². The van der Waals surface area contributed by atoms with E-state index in [1.165, 1.54) is 18.2 Å². The summed E-state index contributed by atoms with van der Waals surface area (Å²) in [6.07, 6.45) is 0.131. The van der Waals surface area contributed by atoms with E-state index in [2.05, 4.69) is 5.32 Å². The third-order valence-corrected chi connectivity index (χ3v) is 3.07. The molecule has 3 nitrogen and oxygen atoms in total. The van der Waals surface area contributed by atoms with Crippen LogP contribution in [0.25, 0.3) is 0 Å². The van der Waals surface area contributed by atoms with Crippen LogP contribution in [-0.2, 0) is 0 Å². The van der Waals surface area contributed by atoms with Crippen molar-refractivity contribution >= 4 is 5.69 Å². The van der Waals surface area contributed by atoms with Gasteiger partial charge in [0.1, 0.15) is 17.3 Å². The van der Waals surface area contributed by atoms with Gasteiger partial charge in [-0.25, -0.2) is 4.39 Å². The molecule has 0 saturated carbocycles. The van der Waals surface area contributed by atoms with Crippen LogP contribution in [0.15, 0.2) is 42.5 Å². The number of halogens is 1. The van der Waals surface area contributed by atoms with Gasteiger partial charge in [0.05, 0.1) is 12.1 Å². The molecular weight excluding hydrogens is 269 g/mol. The number of phenolic OH excluding ortho intramolecular Hbond substituents is 1. The molecule has 2 N–H and O–H groups in total. The summed E-state index contributed by atoms with van der Waals surface area (Å²) in [7, 11) is 0. The van der Waals surface area contributed by atoms with Gasteiger partial charge < -0.3 is 15.2 Å². The first-order chi connectivity index (χ1) is 9.95. The van der Waals surface area contributed by atoms with Crippen molar-refractivity contribution in [2.45, 2.75) is 32.9 Å². The number of hydrogen-bond acceptors (Lipinski definition) is 3. The lowest BCUT2D eigenvalue weighted by Crippen LogP contribution is -2.08. The van der Waals surface area contributed by atoms with Crippen LogP contribution in [0, 0.1) is 5.82 Å². The third kappa shape index (κ3) is 4.12. The topological polar surface area (TPSA) is 41.5 Å². The van der Waals surface area contributed by atoms with Crippen molar-refractivity contribution in [1.82, 2.24) is 0 Å². The maximum atomic E-state index is 13.3. The van der Waals surface area contributed by atoms with E-state index in [0.29, 0.717) is 5.56 Å². The second-order valence-electron chi connectivity index (χ2n) is 5.26. The molecule has 0 saturated heterocycles. The molecule has 0 amide bonds. The largest absolute Gasteiger partial charge is 0.508 e. The van der Waals surface area contributed by atoms with Gasteiger partial charge in [0.2, 0.25) is 0 Å². The number of phenols is 1. The van der Waals surface area contributed by atoms with Gasteiger partial charge in [0.15, 0.2) is 0 Å². The molecule has 0 fully saturated rings. The van der Waals surface area contributed by atoms with Crippen LogP contribution in [0.2, 0.25) is 0 Å². The Hall–Kier alpha value is -2.23. The highest BCUT2D eigenvalue weighted by Crippen LogP contribution is 2.28. The molecule has 0 aliphatic carbocycles. The number of anilines is 1. The maximum Gasteiger partial charge on any atom is 0.123 e. The molecule has 2 aromatic carbocycles. The van der Waals surface area contributed by atoms with Crippen molar-refractivity contribution in [3.8, 4) is 11.5 Å². The summed E-state index contributed by atoms with van der Waals surface area (Å²) in [5.41, 5.74) is 1.40. The highest BCUT2D eigenvalue weighted by Gasteiger charge is 2.11. The Morgan fingerprint density at radius 2 is 1.71 bits per heavy atom. The molecule has 0 radical (unpaired) electrons. The number of hydrogen-bond donors (Lipinski definition) is 2. The summed E-state index contributed by atoms with van der Waals surface area (Å²) in [5, 5.41) is 13.0. The molecule has 0 aliphatic rings. The van der Waals surface area contributed by atoms with E-state index in [9.17, 15) is 9.50 Å². The Kier molecular flexibility index (Phi) is 4.68. The van der Waals surface area contributed by atoms with E-state index in [-0.39, 0.29) is 23.7 Å². The Balaban J connectivity index is 2.08. The monoisotopic (exact) mass is 289 g/mol. The molecule has 0 aromatic heterocycles. The quantitative estimate of drug-likeness (QED) is 0.852. The molecule has 0 heterocycles. The minimum absolute atomic E-state index is 0.0798. The number of aromatic hydroxyl groups is 1. The Labute approximate surface area is 124 Å². The van der Waals surface area contributed by atoms with E-state index in [4.69, 9.17) is 4.74 Å². The van der Waals surface area contributed by atoms with E-state index < -0.39 is 0 Å². The Morgan fingerprint density at radius 3 is 2.33 bits per heavy atom. The summed E-state index contributed by atoms with van der Waals surface area (Å²) in [4.78, 5) is 0. The molecule has 0 spiro atoms. The lowest BCUT2D eigenvalue weighted by molar-refractivity contribution is 0.242. The van der Waals surface area contributed by atoms with Gasteiger partial charge in [-0.2, -0.15) is 0 Å². The third-order valence-electron chi connectivity index (χ3n) is 3.07. The normalized spacial score (nSPS) is 12.2. The molecule has 1 unspecified atom stereocenters. The van der Waals surface area contributed by atoms with E-state index >= 15 is 0 Å². The summed E-state index contributed by atoms with van der Waals surface area (Å²) in [5.74, 6) is 0.519. The minimum Gasteiger partial charge on any atom is -0.508 e. The number of nitrogens with one attached hydrogen (secondary N) is 1. The van der Waals surface area contributed by atoms with Crippen molar-refractivity contribution in [3.63, 3.8) is 0 Å². The molecule has 0 bridgehead atoms. The van der Waals surface area contributed by atoms with E-state index in [1.807, 2.05) is 45.0 Å². The highest BCUT2D eigenvalue weighted by atomic mass is 19.1. The van der Waals surface area contributed by atoms with Gasteiger partial charge in [0, 0.05) is 11.3 Å². The zero-order valence-corrected chi connectivity index (χ0v) is 12.4. The molecule has 4 heteroatoms. The number of rotatable bonds is 5. The smallest absolute Gasteiger partial charge is 0.123 e. The number of ether oxygens (including phenoxy) is 1. The van der Waals surface area contributed by atoms with Crippen LogP contribution in [0.5, 0.6) is 11.5 Å². The zero-order valence-electron chi connectivity index (χ0n) is 12.4. The van der Waals surface area contributed by atoms with Crippen LogP contribution in [0.3, 0.4) is 0 Å². The first kappa shape index (κ1) is 15.2. The second-order valence-corrected chi connectivity index (χ2v) is 5.26. The highest BCUT2D eigenvalue weighted by molar-refractivity contribution is 5.49. The molecule has 2 rings (SSSR count). The van der Waals surface area contributed by atoms with E-state index in [1.54, 1.807) is 0 Å². The van der Waals surface area contributed by atoms with Crippen molar-refractivity contribution in [3.05, 3.63) is 53.8 Å². The molecule has 112 valence electrons. The SMILES string of the molecule is CC(C)Oc1ccc(NC(C)c2cc(F)ccc2O)cc1. The fourth-order valence-electron chi connectivity index (χ4n) is 2.10. The summed E-state index contributed by atoms with van der Waals surface area (Å²) >= 11 is 0. The zero-order chi connectivity index (χ0) is 15.4. The summed E-state index contributed by atoms with van der Waals surface area (Å²) in [6, 6.07) is 11.3. The first-order valence-electron chi connectivity index (χ1n) is 6.97. The first-order valence-corrected chi connectivity index (χ1v) is 6.97. The van der Waals surface area contributed by atoms with Crippen LogP contribution in [-0.4, -0.2) is 11.2 Å². The van der Waals surface area contributed by atoms with Gasteiger partial charge in [-0.1, -0.05) is 0 Å². The summed E-state index contributed by atoms with van der Waals surface area (Å²) < 4.78 is 18.8. The molecular formula is C17H20FNO2. The van der Waals surface area contributed by atoms with Crippen LogP contribution < -0.4 is 10.1 Å². The van der Waals surface area contributed by atoms with Crippen LogP contribution >= 0.6 is 0 Å². The lowest BCUT2D eigenvalue weighted by Gasteiger charge is -2.17. The molecule has 1 atom stereocenters. The minimum atomic E-state index is -0.364. The van der Waals surface area contributed by atoms with Crippen LogP contribution in [0.4, 0.5) is 10.1 Å². The van der Waals surface area contributed by atoms with Gasteiger partial charge in [-0.15, -0.1) is 0 Å². The fraction of sp³-hybridized carbons (Fsp3) is 0.294. The molecule has 2 aromatic rings. The lowest BCUT2D eigenvalue weighted by atomic mass is 10.1. The van der Waals surface area contributed by atoms with Gasteiger partial charge in [0.25, 0.3) is 0 Å². The maximum absolute atomic E-state index is 13.3. The van der Waals surface area contributed by atoms with Crippen molar-refractivity contribution in [2.75, 3.05) is 5.32 Å². The molecule has 0 aliphatic heterocycles. The van der Waals surface area contributed by atoms with Crippen molar-refractivity contribution < 1.29 is 14.2 Å². The van der Waals surface area contributed by atoms with Crippen molar-refractivity contribution in [1.29, 1.82) is 0 Å². The van der Waals surface area contributed by atoms with Gasteiger partial charge in [-0.05, 0) is 63.2 Å². The fourth-order valence-corrected chi connectivity index (χ4v) is 2.10. The standard InChI is InChI=1S/C17H20FNO2/c1-11(2)21-15-7-5-14(6-8-15)19-12(3)16-10-13(18)4-9-17(16)20/h4-12,19-20H,1-3H3. The average molecular weight is 289 g/mol. The summed E-state index contributed by atoms with van der Waals surface area (Å²) in [6.45, 7) is 5.81. The molecule has 21 heavy (non-hydrogen) atoms. The van der Waals surface area contributed by atoms with Gasteiger partial charge in [-0.3, -0.25) is 0 Å². The predicted octanol–water partition coefficient (Wildman–Crippen LogP) is 4.49. The average Bonchev–Trinajstić information content (AvgIpc) is 2.43. The predicted molar refractivity (Wildman–Crippen MR) is 82.3 cm³/mol.